The number of carboxylic acid groups (broad SMARTS) is 1. The quantitative estimate of drug-likeness (QED) is 0.894. The second-order valence-electron chi connectivity index (χ2n) is 5.14. The summed E-state index contributed by atoms with van der Waals surface area (Å²) in [6.07, 6.45) is 2.02. The minimum atomic E-state index is -1.31. The first-order valence-corrected chi connectivity index (χ1v) is 6.26. The number of hydrogen-bond donors (Lipinski definition) is 1. The lowest BCUT2D eigenvalue weighted by atomic mass is 9.75. The van der Waals surface area contributed by atoms with Crippen LogP contribution in [-0.2, 0) is 11.2 Å². The van der Waals surface area contributed by atoms with E-state index in [9.17, 15) is 13.6 Å². The lowest BCUT2D eigenvalue weighted by molar-refractivity contribution is -0.117. The van der Waals surface area contributed by atoms with Gasteiger partial charge in [0.1, 0.15) is 11.6 Å². The van der Waals surface area contributed by atoms with Crippen LogP contribution < -0.4 is 0 Å². The van der Waals surface area contributed by atoms with Crippen molar-refractivity contribution in [3.63, 3.8) is 0 Å². The van der Waals surface area contributed by atoms with Crippen LogP contribution >= 0.6 is 0 Å². The molecule has 0 bridgehead atoms. The highest BCUT2D eigenvalue weighted by Gasteiger charge is 2.39. The van der Waals surface area contributed by atoms with Crippen LogP contribution in [0.4, 0.5) is 8.78 Å². The van der Waals surface area contributed by atoms with Gasteiger partial charge in [-0.25, -0.2) is 13.6 Å². The van der Waals surface area contributed by atoms with E-state index in [1.54, 1.807) is 0 Å². The van der Waals surface area contributed by atoms with Gasteiger partial charge in [-0.1, -0.05) is 13.3 Å². The molecule has 0 atom stereocenters. The molecule has 0 aliphatic carbocycles. The standard InChI is InChI=1S/C14H16F2O3/c1-2-3-14(7-19-8-14)6-11-10(13(17)18)4-9(15)5-12(11)16/h4-5H,2-3,6-8H2,1H3,(H,17,18). The van der Waals surface area contributed by atoms with Gasteiger partial charge in [0.15, 0.2) is 0 Å². The van der Waals surface area contributed by atoms with Crippen molar-refractivity contribution >= 4 is 5.97 Å². The summed E-state index contributed by atoms with van der Waals surface area (Å²) in [4.78, 5) is 11.1. The molecule has 1 N–H and O–H groups in total. The van der Waals surface area contributed by atoms with E-state index >= 15 is 0 Å². The van der Waals surface area contributed by atoms with Crippen molar-refractivity contribution < 1.29 is 23.4 Å². The Hall–Kier alpha value is -1.49. The second kappa shape index (κ2) is 5.25. The third-order valence-corrected chi connectivity index (χ3v) is 3.54. The van der Waals surface area contributed by atoms with Crippen LogP contribution in [0.3, 0.4) is 0 Å². The summed E-state index contributed by atoms with van der Waals surface area (Å²) in [6, 6.07) is 1.61. The number of benzene rings is 1. The molecule has 1 heterocycles. The van der Waals surface area contributed by atoms with Crippen molar-refractivity contribution in [2.75, 3.05) is 13.2 Å². The SMILES string of the molecule is CCCC1(Cc2c(F)cc(F)cc2C(=O)O)COC1. The van der Waals surface area contributed by atoms with E-state index in [1.165, 1.54) is 0 Å². The maximum absolute atomic E-state index is 13.9. The largest absolute Gasteiger partial charge is 0.478 e. The normalized spacial score (nSPS) is 17.0. The molecule has 3 nitrogen and oxygen atoms in total. The summed E-state index contributed by atoms with van der Waals surface area (Å²) in [5.74, 6) is -2.96. The van der Waals surface area contributed by atoms with Gasteiger partial charge in [0.2, 0.25) is 0 Å². The van der Waals surface area contributed by atoms with E-state index < -0.39 is 17.6 Å². The van der Waals surface area contributed by atoms with Crippen LogP contribution in [0, 0.1) is 17.0 Å². The molecular formula is C14H16F2O3. The molecule has 0 radical (unpaired) electrons. The zero-order valence-corrected chi connectivity index (χ0v) is 10.7. The fraction of sp³-hybridized carbons (Fsp3) is 0.500. The first-order chi connectivity index (χ1) is 8.97. The number of rotatable bonds is 5. The van der Waals surface area contributed by atoms with Gasteiger partial charge in [-0.05, 0) is 18.9 Å². The smallest absolute Gasteiger partial charge is 0.336 e. The Morgan fingerprint density at radius 2 is 2.11 bits per heavy atom. The molecule has 5 heteroatoms. The van der Waals surface area contributed by atoms with Crippen LogP contribution in [0.2, 0.25) is 0 Å². The van der Waals surface area contributed by atoms with E-state index in [1.807, 2.05) is 6.92 Å². The molecule has 0 amide bonds. The summed E-state index contributed by atoms with van der Waals surface area (Å²) in [5, 5.41) is 9.07. The summed E-state index contributed by atoms with van der Waals surface area (Å²) in [5.41, 5.74) is -0.428. The Morgan fingerprint density at radius 3 is 2.58 bits per heavy atom. The molecule has 1 aromatic rings. The van der Waals surface area contributed by atoms with Gasteiger partial charge in [-0.15, -0.1) is 0 Å². The lowest BCUT2D eigenvalue weighted by Gasteiger charge is -2.42. The van der Waals surface area contributed by atoms with Gasteiger partial charge >= 0.3 is 5.97 Å². The number of carbonyl (C=O) groups is 1. The fourth-order valence-corrected chi connectivity index (χ4v) is 2.60. The van der Waals surface area contributed by atoms with Gasteiger partial charge in [0.05, 0.1) is 18.8 Å². The maximum atomic E-state index is 13.9. The van der Waals surface area contributed by atoms with Gasteiger partial charge in [-0.2, -0.15) is 0 Å². The van der Waals surface area contributed by atoms with Crippen molar-refractivity contribution in [3.05, 3.63) is 34.9 Å². The van der Waals surface area contributed by atoms with Crippen LogP contribution in [0.25, 0.3) is 0 Å². The molecule has 104 valence electrons. The van der Waals surface area contributed by atoms with Crippen molar-refractivity contribution in [2.45, 2.75) is 26.2 Å². The Morgan fingerprint density at radius 1 is 1.42 bits per heavy atom. The van der Waals surface area contributed by atoms with Gasteiger partial charge in [0.25, 0.3) is 0 Å². The summed E-state index contributed by atoms with van der Waals surface area (Å²) >= 11 is 0. The summed E-state index contributed by atoms with van der Waals surface area (Å²) < 4.78 is 32.2. The average molecular weight is 270 g/mol. The van der Waals surface area contributed by atoms with Crippen molar-refractivity contribution in [2.24, 2.45) is 5.41 Å². The first kappa shape index (κ1) is 13.9. The van der Waals surface area contributed by atoms with E-state index in [-0.39, 0.29) is 23.0 Å². The third-order valence-electron chi connectivity index (χ3n) is 3.54. The molecule has 2 rings (SSSR count). The summed E-state index contributed by atoms with van der Waals surface area (Å²) in [6.45, 7) is 3.01. The number of halogens is 2. The molecule has 1 saturated heterocycles. The Bertz CT molecular complexity index is 496. The molecule has 0 aromatic heterocycles. The maximum Gasteiger partial charge on any atom is 0.336 e. The minimum absolute atomic E-state index is 0.0747. The molecule has 19 heavy (non-hydrogen) atoms. The Kier molecular flexibility index (Phi) is 3.85. The predicted octanol–water partition coefficient (Wildman–Crippen LogP) is 3.02. The number of carboxylic acids is 1. The van der Waals surface area contributed by atoms with Gasteiger partial charge in [0, 0.05) is 17.0 Å². The lowest BCUT2D eigenvalue weighted by Crippen LogP contribution is -2.44. The highest BCUT2D eigenvalue weighted by Crippen LogP contribution is 2.38. The topological polar surface area (TPSA) is 46.5 Å². The average Bonchev–Trinajstić information content (AvgIpc) is 2.28. The van der Waals surface area contributed by atoms with E-state index in [4.69, 9.17) is 9.84 Å². The first-order valence-electron chi connectivity index (χ1n) is 6.26. The van der Waals surface area contributed by atoms with E-state index in [0.717, 1.165) is 25.0 Å². The van der Waals surface area contributed by atoms with E-state index in [2.05, 4.69) is 0 Å². The molecule has 1 aliphatic heterocycles. The molecule has 0 saturated carbocycles. The fourth-order valence-electron chi connectivity index (χ4n) is 2.60. The molecule has 0 unspecified atom stereocenters. The van der Waals surface area contributed by atoms with Crippen molar-refractivity contribution in [3.8, 4) is 0 Å². The number of aromatic carboxylic acids is 1. The molecule has 1 aromatic carbocycles. The van der Waals surface area contributed by atoms with E-state index in [0.29, 0.717) is 13.2 Å². The van der Waals surface area contributed by atoms with Gasteiger partial charge in [-0.3, -0.25) is 0 Å². The molecular weight excluding hydrogens is 254 g/mol. The highest BCUT2D eigenvalue weighted by atomic mass is 19.1. The highest BCUT2D eigenvalue weighted by molar-refractivity contribution is 5.89. The molecule has 0 spiro atoms. The Balaban J connectivity index is 2.36. The van der Waals surface area contributed by atoms with Crippen molar-refractivity contribution in [1.29, 1.82) is 0 Å². The van der Waals surface area contributed by atoms with Crippen LogP contribution in [-0.4, -0.2) is 24.3 Å². The third kappa shape index (κ3) is 2.76. The summed E-state index contributed by atoms with van der Waals surface area (Å²) in [7, 11) is 0. The predicted molar refractivity (Wildman–Crippen MR) is 65.2 cm³/mol. The van der Waals surface area contributed by atoms with Gasteiger partial charge < -0.3 is 9.84 Å². The molecule has 1 fully saturated rings. The molecule has 1 aliphatic rings. The zero-order chi connectivity index (χ0) is 14.0. The van der Waals surface area contributed by atoms with Crippen LogP contribution in [0.1, 0.15) is 35.7 Å². The second-order valence-corrected chi connectivity index (χ2v) is 5.14. The Labute approximate surface area is 110 Å². The monoisotopic (exact) mass is 270 g/mol. The van der Waals surface area contributed by atoms with Crippen LogP contribution in [0.15, 0.2) is 12.1 Å². The number of hydrogen-bond acceptors (Lipinski definition) is 2. The minimum Gasteiger partial charge on any atom is -0.478 e. The number of ether oxygens (including phenoxy) is 1. The van der Waals surface area contributed by atoms with Crippen molar-refractivity contribution in [1.82, 2.24) is 0 Å². The zero-order valence-electron chi connectivity index (χ0n) is 10.7. The van der Waals surface area contributed by atoms with Crippen LogP contribution in [0.5, 0.6) is 0 Å².